The second-order valence-electron chi connectivity index (χ2n) is 3.24. The summed E-state index contributed by atoms with van der Waals surface area (Å²) in [5, 5.41) is 18.6. The molecule has 1 aliphatic rings. The molecule has 0 heterocycles. The molecule has 1 aromatic carbocycles. The molecular weight excluding hydrogens is 168 g/mol. The lowest BCUT2D eigenvalue weighted by Crippen LogP contribution is -2.10. The van der Waals surface area contributed by atoms with Crippen LogP contribution in [0.2, 0.25) is 0 Å². The third-order valence-electron chi connectivity index (χ3n) is 2.37. The first kappa shape index (κ1) is 8.10. The molecule has 1 aliphatic carbocycles. The summed E-state index contributed by atoms with van der Waals surface area (Å²) in [5.41, 5.74) is 1.15. The number of carbonyl (C=O) groups is 1. The van der Waals surface area contributed by atoms with Crippen LogP contribution in [0.4, 0.5) is 0 Å². The minimum atomic E-state index is -0.262. The van der Waals surface area contributed by atoms with Crippen LogP contribution in [0.15, 0.2) is 12.1 Å². The molecule has 0 unspecified atom stereocenters. The highest BCUT2D eigenvalue weighted by Gasteiger charge is 2.22. The lowest BCUT2D eigenvalue weighted by molar-refractivity contribution is 0.0969. The minimum Gasteiger partial charge on any atom is -0.504 e. The average molecular weight is 178 g/mol. The van der Waals surface area contributed by atoms with E-state index in [9.17, 15) is 15.0 Å². The smallest absolute Gasteiger partial charge is 0.168 e. The van der Waals surface area contributed by atoms with Crippen molar-refractivity contribution >= 4 is 5.78 Å². The fourth-order valence-corrected chi connectivity index (χ4v) is 1.71. The zero-order valence-corrected chi connectivity index (χ0v) is 7.08. The highest BCUT2D eigenvalue weighted by atomic mass is 16.3. The molecule has 0 amide bonds. The van der Waals surface area contributed by atoms with Crippen LogP contribution < -0.4 is 0 Å². The van der Waals surface area contributed by atoms with Crippen molar-refractivity contribution < 1.29 is 15.0 Å². The molecule has 0 saturated heterocycles. The predicted octanol–water partition coefficient (Wildman–Crippen LogP) is 1.62. The molecule has 0 saturated carbocycles. The molecule has 3 nitrogen and oxygen atoms in total. The van der Waals surface area contributed by atoms with E-state index in [-0.39, 0.29) is 17.3 Å². The van der Waals surface area contributed by atoms with Crippen LogP contribution in [-0.2, 0) is 6.42 Å². The highest BCUT2D eigenvalue weighted by molar-refractivity contribution is 6.01. The molecule has 0 atom stereocenters. The molecule has 0 aliphatic heterocycles. The normalized spacial score (nSPS) is 15.5. The Morgan fingerprint density at radius 3 is 2.69 bits per heavy atom. The van der Waals surface area contributed by atoms with Gasteiger partial charge in [-0.25, -0.2) is 0 Å². The molecule has 0 spiro atoms. The number of hydrogen-bond donors (Lipinski definition) is 2. The van der Waals surface area contributed by atoms with E-state index >= 15 is 0 Å². The van der Waals surface area contributed by atoms with Gasteiger partial charge >= 0.3 is 0 Å². The summed E-state index contributed by atoms with van der Waals surface area (Å²) in [4.78, 5) is 11.4. The summed E-state index contributed by atoms with van der Waals surface area (Å²) in [6.07, 6.45) is 2.09. The van der Waals surface area contributed by atoms with E-state index in [2.05, 4.69) is 0 Å². The Hall–Kier alpha value is -1.51. The molecule has 13 heavy (non-hydrogen) atoms. The van der Waals surface area contributed by atoms with E-state index in [1.807, 2.05) is 0 Å². The van der Waals surface area contributed by atoms with Crippen molar-refractivity contribution in [2.45, 2.75) is 19.3 Å². The lowest BCUT2D eigenvalue weighted by Gasteiger charge is -2.15. The number of benzene rings is 1. The summed E-state index contributed by atoms with van der Waals surface area (Å²) in [6, 6.07) is 3.12. The van der Waals surface area contributed by atoms with Gasteiger partial charge in [0, 0.05) is 6.42 Å². The maximum Gasteiger partial charge on any atom is 0.168 e. The van der Waals surface area contributed by atoms with Crippen LogP contribution in [0, 0.1) is 0 Å². The Kier molecular flexibility index (Phi) is 1.72. The number of Topliss-reactive ketones (excluding diaryl/α,β-unsaturated/α-hetero) is 1. The highest BCUT2D eigenvalue weighted by Crippen LogP contribution is 2.35. The molecule has 2 rings (SSSR count). The third kappa shape index (κ3) is 1.16. The lowest BCUT2D eigenvalue weighted by atomic mass is 9.90. The van der Waals surface area contributed by atoms with Gasteiger partial charge in [0.15, 0.2) is 17.3 Å². The van der Waals surface area contributed by atoms with Crippen LogP contribution >= 0.6 is 0 Å². The minimum absolute atomic E-state index is 0.0744. The monoisotopic (exact) mass is 178 g/mol. The molecule has 3 heteroatoms. The zero-order valence-electron chi connectivity index (χ0n) is 7.08. The number of aromatic hydroxyl groups is 2. The summed E-state index contributed by atoms with van der Waals surface area (Å²) >= 11 is 0. The van der Waals surface area contributed by atoms with Crippen LogP contribution in [0.25, 0.3) is 0 Å². The molecule has 0 aromatic heterocycles. The number of ketones is 1. The van der Waals surface area contributed by atoms with Gasteiger partial charge in [-0.1, -0.05) is 6.07 Å². The Morgan fingerprint density at radius 1 is 1.15 bits per heavy atom. The van der Waals surface area contributed by atoms with E-state index in [0.717, 1.165) is 18.4 Å². The van der Waals surface area contributed by atoms with Gasteiger partial charge in [0.1, 0.15) is 0 Å². The maximum atomic E-state index is 11.4. The average Bonchev–Trinajstić information content (AvgIpc) is 2.12. The Balaban J connectivity index is 2.65. The second-order valence-corrected chi connectivity index (χ2v) is 3.24. The van der Waals surface area contributed by atoms with Crippen molar-refractivity contribution in [1.82, 2.24) is 0 Å². The largest absolute Gasteiger partial charge is 0.504 e. The Bertz CT molecular complexity index is 369. The number of phenols is 2. The second kappa shape index (κ2) is 2.76. The van der Waals surface area contributed by atoms with Crippen molar-refractivity contribution in [3.05, 3.63) is 23.3 Å². The molecule has 68 valence electrons. The fourth-order valence-electron chi connectivity index (χ4n) is 1.71. The van der Waals surface area contributed by atoms with Crippen molar-refractivity contribution in [2.75, 3.05) is 0 Å². The van der Waals surface area contributed by atoms with Crippen LogP contribution in [0.5, 0.6) is 11.5 Å². The number of carbonyl (C=O) groups excluding carboxylic acids is 1. The number of fused-ring (bicyclic) bond motifs is 1. The van der Waals surface area contributed by atoms with E-state index in [4.69, 9.17) is 0 Å². The summed E-state index contributed by atoms with van der Waals surface area (Å²) in [7, 11) is 0. The van der Waals surface area contributed by atoms with E-state index < -0.39 is 0 Å². The first-order chi connectivity index (χ1) is 6.20. The van der Waals surface area contributed by atoms with E-state index in [1.54, 1.807) is 6.07 Å². The van der Waals surface area contributed by atoms with Gasteiger partial charge in [-0.05, 0) is 24.5 Å². The van der Waals surface area contributed by atoms with Crippen LogP contribution in [0.3, 0.4) is 0 Å². The van der Waals surface area contributed by atoms with E-state index in [1.165, 1.54) is 6.07 Å². The molecular formula is C10H10O3. The third-order valence-corrected chi connectivity index (χ3v) is 2.37. The van der Waals surface area contributed by atoms with Crippen molar-refractivity contribution in [2.24, 2.45) is 0 Å². The maximum absolute atomic E-state index is 11.4. The Labute approximate surface area is 75.6 Å². The molecule has 2 N–H and O–H groups in total. The molecule has 0 fully saturated rings. The quantitative estimate of drug-likeness (QED) is 0.593. The summed E-state index contributed by atoms with van der Waals surface area (Å²) < 4.78 is 0. The fraction of sp³-hybridized carbons (Fsp3) is 0.300. The van der Waals surface area contributed by atoms with Crippen molar-refractivity contribution in [3.63, 3.8) is 0 Å². The van der Waals surface area contributed by atoms with Crippen molar-refractivity contribution in [1.29, 1.82) is 0 Å². The first-order valence-corrected chi connectivity index (χ1v) is 4.27. The molecule has 0 radical (unpaired) electrons. The van der Waals surface area contributed by atoms with E-state index in [0.29, 0.717) is 12.0 Å². The number of aryl methyl sites for hydroxylation is 1. The summed E-state index contributed by atoms with van der Waals surface area (Å²) in [5.74, 6) is -0.550. The topological polar surface area (TPSA) is 57.5 Å². The standard InChI is InChI=1S/C10H10O3/c11-7-3-1-2-6-4-5-8(12)10(13)9(6)7/h4-5,12-13H,1-3H2. The van der Waals surface area contributed by atoms with Gasteiger partial charge in [-0.15, -0.1) is 0 Å². The number of phenolic OH excluding ortho intramolecular Hbond substituents is 2. The summed E-state index contributed by atoms with van der Waals surface area (Å²) in [6.45, 7) is 0. The van der Waals surface area contributed by atoms with Crippen LogP contribution in [0.1, 0.15) is 28.8 Å². The van der Waals surface area contributed by atoms with Gasteiger partial charge in [0.25, 0.3) is 0 Å². The van der Waals surface area contributed by atoms with Gasteiger partial charge in [0.2, 0.25) is 0 Å². The van der Waals surface area contributed by atoms with Gasteiger partial charge in [-0.3, -0.25) is 4.79 Å². The Morgan fingerprint density at radius 2 is 1.92 bits per heavy atom. The zero-order chi connectivity index (χ0) is 9.42. The SMILES string of the molecule is O=C1CCCc2ccc(O)c(O)c21. The first-order valence-electron chi connectivity index (χ1n) is 4.27. The predicted molar refractivity (Wildman–Crippen MR) is 47.0 cm³/mol. The van der Waals surface area contributed by atoms with Crippen LogP contribution in [-0.4, -0.2) is 16.0 Å². The van der Waals surface area contributed by atoms with Gasteiger partial charge in [-0.2, -0.15) is 0 Å². The molecule has 1 aromatic rings. The van der Waals surface area contributed by atoms with Crippen molar-refractivity contribution in [3.8, 4) is 11.5 Å². The number of hydrogen-bond acceptors (Lipinski definition) is 3. The van der Waals surface area contributed by atoms with Gasteiger partial charge in [0.05, 0.1) is 5.56 Å². The van der Waals surface area contributed by atoms with Gasteiger partial charge < -0.3 is 10.2 Å². The molecule has 0 bridgehead atoms. The number of rotatable bonds is 0.